The average molecular weight is 244 g/mol. The Bertz CT molecular complexity index is 576. The largest absolute Gasteiger partial charge is 0.508 e. The number of benzene rings is 2. The molecule has 4 heteroatoms. The van der Waals surface area contributed by atoms with Crippen LogP contribution in [0.4, 0.5) is 0 Å². The number of hydrogen-bond donors (Lipinski definition) is 3. The van der Waals surface area contributed by atoms with Crippen molar-refractivity contribution >= 4 is 5.97 Å². The molecule has 2 rings (SSSR count). The molecule has 0 unspecified atom stereocenters. The smallest absolute Gasteiger partial charge is 0.339 e. The minimum absolute atomic E-state index is 0.110. The minimum atomic E-state index is -1.22. The maximum Gasteiger partial charge on any atom is 0.339 e. The molecular formula is C14H12O4. The van der Waals surface area contributed by atoms with Crippen molar-refractivity contribution in [2.75, 3.05) is 0 Å². The third-order valence-electron chi connectivity index (χ3n) is 2.71. The Labute approximate surface area is 104 Å². The van der Waals surface area contributed by atoms with E-state index in [0.29, 0.717) is 0 Å². The number of phenols is 2. The molecule has 0 saturated carbocycles. The molecule has 0 fully saturated rings. The Hall–Kier alpha value is -2.49. The normalized spacial score (nSPS) is 10.2. The van der Waals surface area contributed by atoms with Crippen molar-refractivity contribution in [1.82, 2.24) is 0 Å². The summed E-state index contributed by atoms with van der Waals surface area (Å²) >= 11 is 0. The van der Waals surface area contributed by atoms with Crippen molar-refractivity contribution in [3.8, 4) is 11.5 Å². The predicted molar refractivity (Wildman–Crippen MR) is 66.0 cm³/mol. The van der Waals surface area contributed by atoms with Crippen LogP contribution in [0, 0.1) is 0 Å². The Morgan fingerprint density at radius 3 is 2.28 bits per heavy atom. The van der Waals surface area contributed by atoms with Gasteiger partial charge in [0.15, 0.2) is 0 Å². The quantitative estimate of drug-likeness (QED) is 0.774. The number of hydrogen-bond acceptors (Lipinski definition) is 3. The molecule has 3 N–H and O–H groups in total. The molecule has 0 aromatic heterocycles. The first-order valence-electron chi connectivity index (χ1n) is 5.40. The van der Waals surface area contributed by atoms with Crippen molar-refractivity contribution < 1.29 is 20.1 Å². The highest BCUT2D eigenvalue weighted by Gasteiger charge is 2.16. The van der Waals surface area contributed by atoms with E-state index in [1.54, 1.807) is 0 Å². The van der Waals surface area contributed by atoms with Gasteiger partial charge in [0, 0.05) is 12.0 Å². The molecule has 0 heterocycles. The third kappa shape index (κ3) is 2.27. The maximum atomic E-state index is 10.9. The summed E-state index contributed by atoms with van der Waals surface area (Å²) < 4.78 is 0. The molecule has 0 aliphatic rings. The lowest BCUT2D eigenvalue weighted by atomic mass is 10.0. The first-order chi connectivity index (χ1) is 8.59. The number of aromatic hydroxyl groups is 2. The zero-order chi connectivity index (χ0) is 13.1. The topological polar surface area (TPSA) is 77.8 Å². The van der Waals surface area contributed by atoms with Gasteiger partial charge >= 0.3 is 5.97 Å². The summed E-state index contributed by atoms with van der Waals surface area (Å²) in [5.41, 5.74) is 0.894. The highest BCUT2D eigenvalue weighted by Crippen LogP contribution is 2.32. The van der Waals surface area contributed by atoms with E-state index in [-0.39, 0.29) is 29.0 Å². The Morgan fingerprint density at radius 2 is 1.67 bits per heavy atom. The summed E-state index contributed by atoms with van der Waals surface area (Å²) in [4.78, 5) is 10.9. The van der Waals surface area contributed by atoms with E-state index in [2.05, 4.69) is 0 Å². The Kier molecular flexibility index (Phi) is 3.19. The van der Waals surface area contributed by atoms with Gasteiger partial charge in [-0.15, -0.1) is 0 Å². The van der Waals surface area contributed by atoms with E-state index < -0.39 is 5.97 Å². The fourth-order valence-electron chi connectivity index (χ4n) is 1.77. The fraction of sp³-hybridized carbons (Fsp3) is 0.0714. The summed E-state index contributed by atoms with van der Waals surface area (Å²) in [5, 5.41) is 28.5. The van der Waals surface area contributed by atoms with E-state index in [9.17, 15) is 15.0 Å². The second-order valence-electron chi connectivity index (χ2n) is 3.93. The number of phenolic OH excluding ortho intramolecular Hbond substituents is 1. The van der Waals surface area contributed by atoms with Crippen molar-refractivity contribution in [1.29, 1.82) is 0 Å². The highest BCUT2D eigenvalue weighted by molar-refractivity contribution is 5.91. The van der Waals surface area contributed by atoms with Crippen LogP contribution < -0.4 is 0 Å². The summed E-state index contributed by atoms with van der Waals surface area (Å²) in [5.74, 6) is -1.71. The molecule has 2 aromatic carbocycles. The molecule has 0 spiro atoms. The van der Waals surface area contributed by atoms with Gasteiger partial charge in [0.2, 0.25) is 0 Å². The Balaban J connectivity index is 2.44. The van der Waals surface area contributed by atoms with Gasteiger partial charge in [-0.05, 0) is 17.7 Å². The summed E-state index contributed by atoms with van der Waals surface area (Å²) in [6.07, 6.45) is 0.277. The fourth-order valence-corrected chi connectivity index (χ4v) is 1.77. The van der Waals surface area contributed by atoms with Gasteiger partial charge in [-0.3, -0.25) is 0 Å². The van der Waals surface area contributed by atoms with Gasteiger partial charge in [-0.2, -0.15) is 0 Å². The zero-order valence-corrected chi connectivity index (χ0v) is 9.50. The molecule has 0 aliphatic carbocycles. The number of carboxylic acids is 1. The van der Waals surface area contributed by atoms with Crippen LogP contribution in [0.3, 0.4) is 0 Å². The molecule has 18 heavy (non-hydrogen) atoms. The van der Waals surface area contributed by atoms with Crippen molar-refractivity contribution in [3.63, 3.8) is 0 Å². The van der Waals surface area contributed by atoms with Crippen LogP contribution in [-0.2, 0) is 6.42 Å². The van der Waals surface area contributed by atoms with Crippen LogP contribution in [0.15, 0.2) is 42.5 Å². The minimum Gasteiger partial charge on any atom is -0.508 e. The first kappa shape index (κ1) is 12.0. The molecule has 92 valence electrons. The van der Waals surface area contributed by atoms with Gasteiger partial charge < -0.3 is 15.3 Å². The molecule has 0 radical (unpaired) electrons. The SMILES string of the molecule is O=C(O)c1ccc(O)c(Cc2ccccc2)c1O. The van der Waals surface area contributed by atoms with Crippen LogP contribution in [0.1, 0.15) is 21.5 Å². The second-order valence-corrected chi connectivity index (χ2v) is 3.93. The van der Waals surface area contributed by atoms with Crippen LogP contribution in [0.25, 0.3) is 0 Å². The molecular weight excluding hydrogens is 232 g/mol. The van der Waals surface area contributed by atoms with Crippen LogP contribution >= 0.6 is 0 Å². The van der Waals surface area contributed by atoms with Gasteiger partial charge in [0.1, 0.15) is 17.1 Å². The zero-order valence-electron chi connectivity index (χ0n) is 9.50. The number of carboxylic acid groups (broad SMARTS) is 1. The lowest BCUT2D eigenvalue weighted by Crippen LogP contribution is -2.00. The number of rotatable bonds is 3. The third-order valence-corrected chi connectivity index (χ3v) is 2.71. The van der Waals surface area contributed by atoms with E-state index in [0.717, 1.165) is 5.56 Å². The molecule has 0 saturated heterocycles. The van der Waals surface area contributed by atoms with E-state index in [1.165, 1.54) is 12.1 Å². The molecule has 0 aliphatic heterocycles. The predicted octanol–water partition coefficient (Wildman–Crippen LogP) is 2.39. The van der Waals surface area contributed by atoms with Crippen LogP contribution in [0.2, 0.25) is 0 Å². The maximum absolute atomic E-state index is 10.9. The molecule has 0 amide bonds. The Morgan fingerprint density at radius 1 is 1.00 bits per heavy atom. The van der Waals surface area contributed by atoms with Crippen molar-refractivity contribution in [3.05, 3.63) is 59.2 Å². The second kappa shape index (κ2) is 4.79. The van der Waals surface area contributed by atoms with Gasteiger partial charge in [-0.1, -0.05) is 30.3 Å². The van der Waals surface area contributed by atoms with Crippen molar-refractivity contribution in [2.24, 2.45) is 0 Å². The van der Waals surface area contributed by atoms with E-state index in [4.69, 9.17) is 5.11 Å². The van der Waals surface area contributed by atoms with E-state index in [1.807, 2.05) is 30.3 Å². The lowest BCUT2D eigenvalue weighted by molar-refractivity contribution is 0.0693. The van der Waals surface area contributed by atoms with Gasteiger partial charge in [0.05, 0.1) is 0 Å². The van der Waals surface area contributed by atoms with E-state index >= 15 is 0 Å². The standard InChI is InChI=1S/C14H12O4/c15-12-7-6-10(14(17)18)13(16)11(12)8-9-4-2-1-3-5-9/h1-7,15-16H,8H2,(H,17,18). The summed E-state index contributed by atoms with van der Waals surface area (Å²) in [6, 6.07) is 11.7. The van der Waals surface area contributed by atoms with Crippen molar-refractivity contribution in [2.45, 2.75) is 6.42 Å². The summed E-state index contributed by atoms with van der Waals surface area (Å²) in [7, 11) is 0. The first-order valence-corrected chi connectivity index (χ1v) is 5.40. The molecule has 4 nitrogen and oxygen atoms in total. The molecule has 0 bridgehead atoms. The molecule has 2 aromatic rings. The van der Waals surface area contributed by atoms with Gasteiger partial charge in [0.25, 0.3) is 0 Å². The van der Waals surface area contributed by atoms with Gasteiger partial charge in [-0.25, -0.2) is 4.79 Å². The van der Waals surface area contributed by atoms with Crippen LogP contribution in [-0.4, -0.2) is 21.3 Å². The lowest BCUT2D eigenvalue weighted by Gasteiger charge is -2.09. The monoisotopic (exact) mass is 244 g/mol. The number of carbonyl (C=O) groups is 1. The van der Waals surface area contributed by atoms with Crippen LogP contribution in [0.5, 0.6) is 11.5 Å². The highest BCUT2D eigenvalue weighted by atomic mass is 16.4. The summed E-state index contributed by atoms with van der Waals surface area (Å²) in [6.45, 7) is 0. The number of aromatic carboxylic acids is 1. The average Bonchev–Trinajstić information content (AvgIpc) is 2.35. The molecule has 0 atom stereocenters.